The van der Waals surface area contributed by atoms with E-state index in [1.54, 1.807) is 12.2 Å². The van der Waals surface area contributed by atoms with Crippen molar-refractivity contribution in [2.75, 3.05) is 6.26 Å². The highest BCUT2D eigenvalue weighted by molar-refractivity contribution is 8.39. The van der Waals surface area contributed by atoms with Gasteiger partial charge in [0.1, 0.15) is 0 Å². The fraction of sp³-hybridized carbons (Fsp3) is 0.0526. The van der Waals surface area contributed by atoms with Crippen molar-refractivity contribution in [3.05, 3.63) is 103 Å². The van der Waals surface area contributed by atoms with Crippen LogP contribution in [-0.4, -0.2) is 6.26 Å². The van der Waals surface area contributed by atoms with Gasteiger partial charge >= 0.3 is 0 Å². The first kappa shape index (κ1) is 16.1. The Hall–Kier alpha value is -1.99. The van der Waals surface area contributed by atoms with Crippen molar-refractivity contribution in [3.8, 4) is 0 Å². The molecule has 1 heteroatoms. The van der Waals surface area contributed by atoms with Crippen molar-refractivity contribution in [2.24, 2.45) is 0 Å². The lowest BCUT2D eigenvalue weighted by atomic mass is 10.4. The van der Waals surface area contributed by atoms with Crippen LogP contribution in [0.15, 0.2) is 108 Å². The fourth-order valence-corrected chi connectivity index (χ4v) is 5.00. The molecule has 1 rings (SSSR count). The average molecular weight is 282 g/mol. The SMILES string of the molecule is C=C/C=C(\C=C)S(C)(/C(C=C)=C/C=C)c1ccccc1. The third kappa shape index (κ3) is 3.12. The summed E-state index contributed by atoms with van der Waals surface area (Å²) in [6.45, 7) is 15.6. The molecular weight excluding hydrogens is 260 g/mol. The molecule has 0 nitrogen and oxygen atoms in total. The molecule has 0 heterocycles. The maximum Gasteiger partial charge on any atom is -0.00212 e. The van der Waals surface area contributed by atoms with Crippen molar-refractivity contribution in [1.29, 1.82) is 0 Å². The van der Waals surface area contributed by atoms with E-state index < -0.39 is 10.0 Å². The Morgan fingerprint density at radius 2 is 1.30 bits per heavy atom. The predicted molar refractivity (Wildman–Crippen MR) is 95.2 cm³/mol. The second-order valence-electron chi connectivity index (χ2n) is 4.25. The van der Waals surface area contributed by atoms with Gasteiger partial charge in [-0.05, 0) is 33.1 Å². The summed E-state index contributed by atoms with van der Waals surface area (Å²) in [4.78, 5) is 3.58. The molecule has 1 aromatic carbocycles. The molecule has 0 radical (unpaired) electrons. The average Bonchev–Trinajstić information content (AvgIpc) is 2.50. The van der Waals surface area contributed by atoms with Crippen molar-refractivity contribution >= 4 is 10.0 Å². The Labute approximate surface area is 124 Å². The normalized spacial score (nSPS) is 16.6. The molecular formula is C19H22S. The highest BCUT2D eigenvalue weighted by Gasteiger charge is 2.26. The van der Waals surface area contributed by atoms with Gasteiger partial charge in [0.2, 0.25) is 0 Å². The molecule has 0 atom stereocenters. The Morgan fingerprint density at radius 3 is 1.65 bits per heavy atom. The lowest BCUT2D eigenvalue weighted by molar-refractivity contribution is 1.43. The van der Waals surface area contributed by atoms with E-state index in [1.165, 1.54) is 4.90 Å². The van der Waals surface area contributed by atoms with Crippen LogP contribution in [0.3, 0.4) is 0 Å². The summed E-state index contributed by atoms with van der Waals surface area (Å²) in [6.07, 6.45) is 13.7. The summed E-state index contributed by atoms with van der Waals surface area (Å²) in [7, 11) is -1.38. The number of benzene rings is 1. The Morgan fingerprint density at radius 1 is 0.850 bits per heavy atom. The summed E-state index contributed by atoms with van der Waals surface area (Å²) in [6, 6.07) is 10.4. The molecule has 0 fully saturated rings. The van der Waals surface area contributed by atoms with E-state index in [2.05, 4.69) is 56.8 Å². The van der Waals surface area contributed by atoms with Gasteiger partial charge in [-0.3, -0.25) is 0 Å². The Bertz CT molecular complexity index is 529. The van der Waals surface area contributed by atoms with Crippen LogP contribution >= 0.6 is 10.0 Å². The molecule has 0 aliphatic carbocycles. The fourth-order valence-electron chi connectivity index (χ4n) is 2.07. The summed E-state index contributed by atoms with van der Waals surface area (Å²) in [5.74, 6) is 0. The van der Waals surface area contributed by atoms with Gasteiger partial charge in [-0.15, -0.1) is 0 Å². The molecule has 1 aromatic rings. The van der Waals surface area contributed by atoms with Gasteiger partial charge in [-0.1, -0.05) is 81.0 Å². The smallest absolute Gasteiger partial charge is 0.00212 e. The van der Waals surface area contributed by atoms with E-state index in [9.17, 15) is 0 Å². The summed E-state index contributed by atoms with van der Waals surface area (Å²) in [5, 5.41) is 0. The summed E-state index contributed by atoms with van der Waals surface area (Å²) in [5.41, 5.74) is 0. The molecule has 0 bridgehead atoms. The van der Waals surface area contributed by atoms with Crippen LogP contribution in [0.4, 0.5) is 0 Å². The van der Waals surface area contributed by atoms with Crippen molar-refractivity contribution in [2.45, 2.75) is 4.90 Å². The zero-order valence-corrected chi connectivity index (χ0v) is 12.9. The van der Waals surface area contributed by atoms with Gasteiger partial charge < -0.3 is 0 Å². The molecule has 0 aromatic heterocycles. The molecule has 0 aliphatic rings. The van der Waals surface area contributed by atoms with Crippen LogP contribution in [0.5, 0.6) is 0 Å². The molecule has 0 unspecified atom stereocenters. The monoisotopic (exact) mass is 282 g/mol. The van der Waals surface area contributed by atoms with E-state index in [0.717, 1.165) is 9.81 Å². The van der Waals surface area contributed by atoms with Gasteiger partial charge in [0.05, 0.1) is 0 Å². The van der Waals surface area contributed by atoms with Crippen LogP contribution in [0.1, 0.15) is 0 Å². The number of hydrogen-bond donors (Lipinski definition) is 0. The van der Waals surface area contributed by atoms with Gasteiger partial charge in [0.15, 0.2) is 0 Å². The Balaban J connectivity index is 3.64. The standard InChI is InChI=1S/C19H22S/c1-6-13-17(8-3)20(5,18(9-4)14-7-2)19-15-11-10-12-16-19/h6-16H,1-4H2,5H3/b17-13+,18-14+. The first-order chi connectivity index (χ1) is 9.64. The van der Waals surface area contributed by atoms with Gasteiger partial charge in [-0.25, -0.2) is 0 Å². The van der Waals surface area contributed by atoms with Crippen molar-refractivity contribution < 1.29 is 0 Å². The highest BCUT2D eigenvalue weighted by Crippen LogP contribution is 2.65. The molecule has 0 spiro atoms. The van der Waals surface area contributed by atoms with Crippen molar-refractivity contribution in [3.63, 3.8) is 0 Å². The number of allylic oxidation sites excluding steroid dienone is 6. The predicted octanol–water partition coefficient (Wildman–Crippen LogP) is 5.99. The highest BCUT2D eigenvalue weighted by atomic mass is 32.3. The zero-order chi connectivity index (χ0) is 15.0. The van der Waals surface area contributed by atoms with E-state index >= 15 is 0 Å². The largest absolute Gasteiger partial charge is 0.163 e. The van der Waals surface area contributed by atoms with Crippen LogP contribution < -0.4 is 0 Å². The first-order valence-corrected chi connectivity index (χ1v) is 8.43. The quantitative estimate of drug-likeness (QED) is 0.539. The summed E-state index contributed by atoms with van der Waals surface area (Å²) >= 11 is 0. The maximum absolute atomic E-state index is 3.97. The minimum Gasteiger partial charge on any atom is -0.163 e. The van der Waals surface area contributed by atoms with E-state index in [0.29, 0.717) is 0 Å². The molecule has 0 aliphatic heterocycles. The lowest BCUT2D eigenvalue weighted by Gasteiger charge is -2.39. The van der Waals surface area contributed by atoms with Crippen molar-refractivity contribution in [1.82, 2.24) is 0 Å². The number of hydrogen-bond acceptors (Lipinski definition) is 0. The van der Waals surface area contributed by atoms with Gasteiger partial charge in [-0.2, -0.15) is 10.0 Å². The van der Waals surface area contributed by atoms with Crippen LogP contribution in [0, 0.1) is 0 Å². The molecule has 0 saturated heterocycles. The third-order valence-corrected chi connectivity index (χ3v) is 6.83. The minimum absolute atomic E-state index is 1.16. The van der Waals surface area contributed by atoms with Crippen LogP contribution in [0.25, 0.3) is 0 Å². The van der Waals surface area contributed by atoms with E-state index in [1.807, 2.05) is 30.4 Å². The second kappa shape index (κ2) is 7.56. The first-order valence-electron chi connectivity index (χ1n) is 6.39. The topological polar surface area (TPSA) is 0 Å². The van der Waals surface area contributed by atoms with Crippen LogP contribution in [-0.2, 0) is 0 Å². The second-order valence-corrected chi connectivity index (χ2v) is 7.50. The zero-order valence-electron chi connectivity index (χ0n) is 12.1. The third-order valence-electron chi connectivity index (χ3n) is 3.12. The molecule has 0 saturated carbocycles. The maximum atomic E-state index is 3.97. The number of rotatable bonds is 7. The minimum atomic E-state index is -1.38. The summed E-state index contributed by atoms with van der Waals surface area (Å²) < 4.78 is 0. The van der Waals surface area contributed by atoms with Gasteiger partial charge in [0.25, 0.3) is 0 Å². The molecule has 0 amide bonds. The molecule has 0 N–H and O–H groups in total. The van der Waals surface area contributed by atoms with E-state index in [-0.39, 0.29) is 0 Å². The molecule has 104 valence electrons. The molecule has 20 heavy (non-hydrogen) atoms. The van der Waals surface area contributed by atoms with Crippen LogP contribution in [0.2, 0.25) is 0 Å². The van der Waals surface area contributed by atoms with E-state index in [4.69, 9.17) is 0 Å². The Kier molecular flexibility index (Phi) is 6.08. The lowest BCUT2D eigenvalue weighted by Crippen LogP contribution is -2.03. The van der Waals surface area contributed by atoms with Gasteiger partial charge in [0, 0.05) is 0 Å².